The molecule has 0 aliphatic carbocycles. The van der Waals surface area contributed by atoms with Crippen LogP contribution in [-0.4, -0.2) is 16.3 Å². The Hall–Kier alpha value is -2.08. The van der Waals surface area contributed by atoms with Crippen LogP contribution in [0.5, 0.6) is 5.75 Å². The van der Waals surface area contributed by atoms with E-state index in [-0.39, 0.29) is 10.8 Å². The highest BCUT2D eigenvalue weighted by atomic mass is 35.5. The summed E-state index contributed by atoms with van der Waals surface area (Å²) in [5.74, 6) is -0.0641. The van der Waals surface area contributed by atoms with Crippen LogP contribution in [0.15, 0.2) is 52.9 Å². The Morgan fingerprint density at radius 2 is 1.96 bits per heavy atom. The molecule has 2 aromatic carbocycles. The molecule has 0 atom stereocenters. The first-order valence-corrected chi connectivity index (χ1v) is 8.25. The zero-order valence-electron chi connectivity index (χ0n) is 11.7. The van der Waals surface area contributed by atoms with Gasteiger partial charge < -0.3 is 5.11 Å². The molecule has 0 saturated heterocycles. The number of nitrogens with one attached hydrogen (secondary N) is 1. The molecule has 1 heterocycles. The third-order valence-electron chi connectivity index (χ3n) is 3.00. The number of anilines is 1. The van der Waals surface area contributed by atoms with Crippen molar-refractivity contribution in [2.24, 2.45) is 5.10 Å². The summed E-state index contributed by atoms with van der Waals surface area (Å²) >= 11 is 13.2. The Labute approximate surface area is 147 Å². The molecule has 0 aliphatic heterocycles. The van der Waals surface area contributed by atoms with Crippen molar-refractivity contribution in [2.75, 3.05) is 5.43 Å². The molecule has 2 N–H and O–H groups in total. The summed E-state index contributed by atoms with van der Waals surface area (Å²) in [7, 11) is 0. The van der Waals surface area contributed by atoms with Crippen LogP contribution in [0.2, 0.25) is 10.0 Å². The van der Waals surface area contributed by atoms with Gasteiger partial charge in [0.15, 0.2) is 0 Å². The first kappa shape index (κ1) is 15.8. The highest BCUT2D eigenvalue weighted by Gasteiger charge is 2.06. The third kappa shape index (κ3) is 3.82. The van der Waals surface area contributed by atoms with Gasteiger partial charge in [-0.25, -0.2) is 4.98 Å². The van der Waals surface area contributed by atoms with Gasteiger partial charge in [-0.2, -0.15) is 5.10 Å². The maximum absolute atomic E-state index is 9.85. The predicted molar refractivity (Wildman–Crippen MR) is 96.9 cm³/mol. The van der Waals surface area contributed by atoms with Gasteiger partial charge in [0.1, 0.15) is 5.75 Å². The van der Waals surface area contributed by atoms with Gasteiger partial charge in [-0.15, -0.1) is 11.3 Å². The van der Waals surface area contributed by atoms with Crippen LogP contribution in [0.4, 0.5) is 5.13 Å². The van der Waals surface area contributed by atoms with Gasteiger partial charge in [-0.05, 0) is 12.1 Å². The number of phenols is 1. The molecule has 0 spiro atoms. The highest BCUT2D eigenvalue weighted by molar-refractivity contribution is 7.14. The van der Waals surface area contributed by atoms with Gasteiger partial charge in [-0.1, -0.05) is 53.5 Å². The number of aromatic nitrogens is 1. The van der Waals surface area contributed by atoms with Crippen LogP contribution in [0.3, 0.4) is 0 Å². The van der Waals surface area contributed by atoms with E-state index in [0.29, 0.717) is 15.7 Å². The Morgan fingerprint density at radius 1 is 1.17 bits per heavy atom. The zero-order chi connectivity index (χ0) is 16.2. The van der Waals surface area contributed by atoms with Crippen molar-refractivity contribution in [1.82, 2.24) is 4.98 Å². The summed E-state index contributed by atoms with van der Waals surface area (Å²) < 4.78 is 0. The summed E-state index contributed by atoms with van der Waals surface area (Å²) in [5, 5.41) is 17.1. The lowest BCUT2D eigenvalue weighted by Gasteiger charge is -2.02. The minimum absolute atomic E-state index is 0.0641. The fourth-order valence-electron chi connectivity index (χ4n) is 1.91. The SMILES string of the molecule is Oc1c(Cl)cc(Cl)cc1/C=N\Nc1nc(-c2ccccc2)cs1. The van der Waals surface area contributed by atoms with Gasteiger partial charge in [-0.3, -0.25) is 5.43 Å². The predicted octanol–water partition coefficient (Wildman–Crippen LogP) is 5.27. The second-order valence-corrected chi connectivity index (χ2v) is 6.30. The second-order valence-electron chi connectivity index (χ2n) is 4.60. The summed E-state index contributed by atoms with van der Waals surface area (Å²) in [6.45, 7) is 0. The van der Waals surface area contributed by atoms with Crippen molar-refractivity contribution in [3.63, 3.8) is 0 Å². The zero-order valence-corrected chi connectivity index (χ0v) is 14.0. The molecule has 0 aliphatic rings. The maximum Gasteiger partial charge on any atom is 0.203 e. The van der Waals surface area contributed by atoms with Gasteiger partial charge in [0, 0.05) is 21.5 Å². The van der Waals surface area contributed by atoms with Crippen molar-refractivity contribution >= 4 is 45.9 Å². The molecule has 23 heavy (non-hydrogen) atoms. The molecule has 7 heteroatoms. The average molecular weight is 364 g/mol. The monoisotopic (exact) mass is 363 g/mol. The summed E-state index contributed by atoms with van der Waals surface area (Å²) in [6, 6.07) is 12.9. The van der Waals surface area contributed by atoms with Crippen LogP contribution >= 0.6 is 34.5 Å². The molecule has 4 nitrogen and oxygen atoms in total. The van der Waals surface area contributed by atoms with Crippen molar-refractivity contribution in [3.05, 3.63) is 63.5 Å². The fraction of sp³-hybridized carbons (Fsp3) is 0. The topological polar surface area (TPSA) is 57.5 Å². The van der Waals surface area contributed by atoms with Crippen molar-refractivity contribution in [3.8, 4) is 17.0 Å². The summed E-state index contributed by atoms with van der Waals surface area (Å²) in [6.07, 6.45) is 1.44. The third-order valence-corrected chi connectivity index (χ3v) is 4.25. The Bertz CT molecular complexity index is 850. The summed E-state index contributed by atoms with van der Waals surface area (Å²) in [4.78, 5) is 4.45. The molecule has 0 amide bonds. The van der Waals surface area contributed by atoms with E-state index < -0.39 is 0 Å². The van der Waals surface area contributed by atoms with Gasteiger partial charge in [0.05, 0.1) is 16.9 Å². The van der Waals surface area contributed by atoms with Crippen LogP contribution in [0.25, 0.3) is 11.3 Å². The normalized spacial score (nSPS) is 11.0. The lowest BCUT2D eigenvalue weighted by Crippen LogP contribution is -1.91. The number of aromatic hydroxyl groups is 1. The molecule has 0 fully saturated rings. The van der Waals surface area contributed by atoms with E-state index >= 15 is 0 Å². The molecule has 0 bridgehead atoms. The molecule has 3 aromatic rings. The van der Waals surface area contributed by atoms with E-state index in [1.54, 1.807) is 6.07 Å². The number of rotatable bonds is 4. The minimum Gasteiger partial charge on any atom is -0.506 e. The number of benzene rings is 2. The molecular formula is C16H11Cl2N3OS. The lowest BCUT2D eigenvalue weighted by molar-refractivity contribution is 0.475. The molecule has 0 saturated carbocycles. The molecular weight excluding hydrogens is 353 g/mol. The molecule has 0 unspecified atom stereocenters. The summed E-state index contributed by atoms with van der Waals surface area (Å²) in [5.41, 5.74) is 5.17. The van der Waals surface area contributed by atoms with Crippen LogP contribution in [0.1, 0.15) is 5.56 Å². The largest absolute Gasteiger partial charge is 0.506 e. The van der Waals surface area contributed by atoms with E-state index in [1.807, 2.05) is 35.7 Å². The van der Waals surface area contributed by atoms with E-state index in [9.17, 15) is 5.11 Å². The number of hydrazone groups is 1. The maximum atomic E-state index is 9.85. The van der Waals surface area contributed by atoms with E-state index in [4.69, 9.17) is 23.2 Å². The number of halogens is 2. The van der Waals surface area contributed by atoms with Gasteiger partial charge in [0.2, 0.25) is 5.13 Å². The lowest BCUT2D eigenvalue weighted by atomic mass is 10.2. The quantitative estimate of drug-likeness (QED) is 0.490. The first-order chi connectivity index (χ1) is 11.1. The van der Waals surface area contributed by atoms with Crippen LogP contribution in [0, 0.1) is 0 Å². The van der Waals surface area contributed by atoms with Crippen molar-refractivity contribution < 1.29 is 5.11 Å². The molecule has 116 valence electrons. The first-order valence-electron chi connectivity index (χ1n) is 6.61. The van der Waals surface area contributed by atoms with Crippen LogP contribution in [-0.2, 0) is 0 Å². The van der Waals surface area contributed by atoms with Crippen LogP contribution < -0.4 is 5.43 Å². The van der Waals surface area contributed by atoms with E-state index in [1.165, 1.54) is 23.6 Å². The molecule has 1 aromatic heterocycles. The van der Waals surface area contributed by atoms with E-state index in [0.717, 1.165) is 11.3 Å². The number of thiazole rings is 1. The second kappa shape index (κ2) is 7.00. The number of nitrogens with zero attached hydrogens (tertiary/aromatic N) is 2. The standard InChI is InChI=1S/C16H11Cl2N3OS/c17-12-6-11(15(22)13(18)7-12)8-19-21-16-20-14(9-23-16)10-4-2-1-3-5-10/h1-9,22H,(H,20,21)/b19-8-. The fourth-order valence-corrected chi connectivity index (χ4v) is 3.09. The number of hydrogen-bond acceptors (Lipinski definition) is 5. The Balaban J connectivity index is 1.73. The van der Waals surface area contributed by atoms with Crippen molar-refractivity contribution in [1.29, 1.82) is 0 Å². The molecule has 0 radical (unpaired) electrons. The van der Waals surface area contributed by atoms with E-state index in [2.05, 4.69) is 15.5 Å². The number of phenolic OH excluding ortho intramolecular Hbond substituents is 1. The minimum atomic E-state index is -0.0641. The Morgan fingerprint density at radius 3 is 2.74 bits per heavy atom. The van der Waals surface area contributed by atoms with Crippen molar-refractivity contribution in [2.45, 2.75) is 0 Å². The molecule has 3 rings (SSSR count). The smallest absolute Gasteiger partial charge is 0.203 e. The van der Waals surface area contributed by atoms with Gasteiger partial charge in [0.25, 0.3) is 0 Å². The Kier molecular flexibility index (Phi) is 4.81. The van der Waals surface area contributed by atoms with Gasteiger partial charge >= 0.3 is 0 Å². The highest BCUT2D eigenvalue weighted by Crippen LogP contribution is 2.30. The number of hydrogen-bond donors (Lipinski definition) is 2. The average Bonchev–Trinajstić information content (AvgIpc) is 3.02.